The fraction of sp³-hybridized carbons (Fsp3) is 0.370. The lowest BCUT2D eigenvalue weighted by atomic mass is 9.66. The van der Waals surface area contributed by atoms with Crippen LogP contribution in [0.15, 0.2) is 64.8 Å². The van der Waals surface area contributed by atoms with Crippen molar-refractivity contribution in [2.45, 2.75) is 44.9 Å². The molecule has 0 bridgehead atoms. The highest BCUT2D eigenvalue weighted by atomic mass is 35.5. The van der Waals surface area contributed by atoms with Crippen LogP contribution >= 0.6 is 11.6 Å². The minimum atomic E-state index is -0.478. The first kappa shape index (κ1) is 23.2. The highest BCUT2D eigenvalue weighted by molar-refractivity contribution is 6.30. The molecule has 5 nitrogen and oxygen atoms in total. The number of allylic oxidation sites excluding steroid dienone is 1. The summed E-state index contributed by atoms with van der Waals surface area (Å²) in [6, 6.07) is 15.3. The summed E-state index contributed by atoms with van der Waals surface area (Å²) in [4.78, 5) is 31.1. The highest BCUT2D eigenvalue weighted by Crippen LogP contribution is 2.46. The number of fused-ring (bicyclic) bond motifs is 1. The second kappa shape index (κ2) is 9.92. The second-order valence-corrected chi connectivity index (χ2v) is 9.03. The van der Waals surface area contributed by atoms with E-state index in [-0.39, 0.29) is 11.7 Å². The largest absolute Gasteiger partial charge is 0.494 e. The van der Waals surface area contributed by atoms with Crippen LogP contribution < -0.4 is 4.74 Å². The van der Waals surface area contributed by atoms with Gasteiger partial charge in [0.2, 0.25) is 0 Å². The van der Waals surface area contributed by atoms with Crippen LogP contribution in [0.4, 0.5) is 0 Å². The number of ketones is 1. The molecule has 0 saturated heterocycles. The number of aliphatic imine (C=N–C) groups is 1. The molecule has 2 aromatic carbocycles. The molecule has 4 rings (SSSR count). The summed E-state index contributed by atoms with van der Waals surface area (Å²) in [5.41, 5.74) is 3.84. The number of carbonyl (C=O) groups is 2. The van der Waals surface area contributed by atoms with Gasteiger partial charge in [0, 0.05) is 28.8 Å². The lowest BCUT2D eigenvalue weighted by Gasteiger charge is -2.38. The van der Waals surface area contributed by atoms with Gasteiger partial charge in [-0.25, -0.2) is 4.79 Å². The van der Waals surface area contributed by atoms with Crippen molar-refractivity contribution >= 4 is 29.1 Å². The van der Waals surface area contributed by atoms with Crippen molar-refractivity contribution in [1.82, 2.24) is 0 Å². The van der Waals surface area contributed by atoms with Crippen molar-refractivity contribution in [2.75, 3.05) is 13.7 Å². The van der Waals surface area contributed by atoms with E-state index in [2.05, 4.69) is 6.92 Å². The Kier molecular flexibility index (Phi) is 6.99. The van der Waals surface area contributed by atoms with Crippen LogP contribution in [-0.4, -0.2) is 31.2 Å². The average molecular weight is 466 g/mol. The Morgan fingerprint density at radius 1 is 1.03 bits per heavy atom. The summed E-state index contributed by atoms with van der Waals surface area (Å²) in [7, 11) is 1.36. The van der Waals surface area contributed by atoms with E-state index in [1.54, 1.807) is 0 Å². The number of hydrogen-bond donors (Lipinski definition) is 0. The molecule has 1 unspecified atom stereocenters. The topological polar surface area (TPSA) is 65.0 Å². The molecule has 172 valence electrons. The molecule has 2 aromatic rings. The maximum absolute atomic E-state index is 13.5. The lowest BCUT2D eigenvalue weighted by molar-refractivity contribution is -0.136. The number of hydrogen-bond acceptors (Lipinski definition) is 5. The summed E-state index contributed by atoms with van der Waals surface area (Å²) in [6.45, 7) is 4.51. The van der Waals surface area contributed by atoms with Gasteiger partial charge in [-0.3, -0.25) is 9.79 Å². The first-order chi connectivity index (χ1) is 15.9. The number of esters is 1. The van der Waals surface area contributed by atoms with Crippen LogP contribution in [0.3, 0.4) is 0 Å². The molecular formula is C27H28ClNO4. The van der Waals surface area contributed by atoms with E-state index in [1.165, 1.54) is 7.11 Å². The molecular weight excluding hydrogens is 438 g/mol. The van der Waals surface area contributed by atoms with E-state index >= 15 is 0 Å². The summed E-state index contributed by atoms with van der Waals surface area (Å²) < 4.78 is 10.8. The number of Topliss-reactive ketones (excluding diaryl/α,β-unsaturated/α-hetero) is 1. The molecule has 6 heteroatoms. The molecule has 1 saturated carbocycles. The number of rotatable bonds is 6. The zero-order chi connectivity index (χ0) is 23.5. The summed E-state index contributed by atoms with van der Waals surface area (Å²) in [6.07, 6.45) is 1.98. The molecule has 1 fully saturated rings. The summed E-state index contributed by atoms with van der Waals surface area (Å²) in [5.74, 6) is -0.451. The molecule has 0 aromatic heterocycles. The van der Waals surface area contributed by atoms with E-state index in [4.69, 9.17) is 26.1 Å². The Morgan fingerprint density at radius 2 is 1.70 bits per heavy atom. The molecule has 1 heterocycles. The highest BCUT2D eigenvalue weighted by Gasteiger charge is 2.45. The van der Waals surface area contributed by atoms with E-state index in [1.807, 2.05) is 55.5 Å². The van der Waals surface area contributed by atoms with Crippen molar-refractivity contribution in [3.8, 4) is 5.75 Å². The predicted molar refractivity (Wildman–Crippen MR) is 129 cm³/mol. The van der Waals surface area contributed by atoms with Crippen LogP contribution in [-0.2, 0) is 14.3 Å². The predicted octanol–water partition coefficient (Wildman–Crippen LogP) is 5.88. The minimum absolute atomic E-state index is 0.0442. The Hall–Kier alpha value is -2.92. The lowest BCUT2D eigenvalue weighted by Crippen LogP contribution is -2.41. The van der Waals surface area contributed by atoms with Gasteiger partial charge in [-0.05, 0) is 61.1 Å². The molecule has 2 aliphatic rings. The first-order valence-electron chi connectivity index (χ1n) is 11.3. The number of benzene rings is 2. The Morgan fingerprint density at radius 3 is 2.33 bits per heavy atom. The van der Waals surface area contributed by atoms with E-state index in [0.29, 0.717) is 35.7 Å². The van der Waals surface area contributed by atoms with Gasteiger partial charge in [-0.2, -0.15) is 0 Å². The minimum Gasteiger partial charge on any atom is -0.494 e. The third-order valence-corrected chi connectivity index (χ3v) is 6.67. The van der Waals surface area contributed by atoms with Gasteiger partial charge in [0.25, 0.3) is 0 Å². The Balaban J connectivity index is 1.72. The average Bonchev–Trinajstić information content (AvgIpc) is 2.82. The van der Waals surface area contributed by atoms with Crippen molar-refractivity contribution in [1.29, 1.82) is 0 Å². The van der Waals surface area contributed by atoms with Gasteiger partial charge in [0.05, 0.1) is 25.2 Å². The molecule has 3 atom stereocenters. The second-order valence-electron chi connectivity index (χ2n) is 8.59. The maximum Gasteiger partial charge on any atom is 0.336 e. The summed E-state index contributed by atoms with van der Waals surface area (Å²) in [5, 5.41) is 0.668. The van der Waals surface area contributed by atoms with E-state index in [9.17, 15) is 9.59 Å². The molecule has 1 aliphatic carbocycles. The zero-order valence-electron chi connectivity index (χ0n) is 19.1. The Labute approximate surface area is 199 Å². The number of methoxy groups -OCH3 is 1. The number of ether oxygens (including phenoxy) is 2. The molecule has 0 amide bonds. The fourth-order valence-electron chi connectivity index (χ4n) is 4.87. The van der Waals surface area contributed by atoms with Crippen LogP contribution in [0.25, 0.3) is 0 Å². The molecule has 0 spiro atoms. The maximum atomic E-state index is 13.5. The number of nitrogens with zero attached hydrogens (tertiary/aromatic N) is 1. The van der Waals surface area contributed by atoms with Gasteiger partial charge in [0.1, 0.15) is 11.5 Å². The molecule has 0 radical (unpaired) electrons. The van der Waals surface area contributed by atoms with Gasteiger partial charge in [0.15, 0.2) is 0 Å². The van der Waals surface area contributed by atoms with Crippen LogP contribution in [0.5, 0.6) is 5.75 Å². The first-order valence-corrected chi connectivity index (χ1v) is 11.7. The van der Waals surface area contributed by atoms with Crippen molar-refractivity contribution < 1.29 is 19.1 Å². The van der Waals surface area contributed by atoms with Crippen molar-refractivity contribution in [3.05, 3.63) is 76.0 Å². The summed E-state index contributed by atoms with van der Waals surface area (Å²) >= 11 is 6.05. The van der Waals surface area contributed by atoms with Gasteiger partial charge < -0.3 is 9.47 Å². The van der Waals surface area contributed by atoms with Crippen LogP contribution in [0, 0.1) is 5.92 Å². The van der Waals surface area contributed by atoms with Gasteiger partial charge in [-0.1, -0.05) is 42.8 Å². The molecule has 0 N–H and O–H groups in total. The fourth-order valence-corrected chi connectivity index (χ4v) is 5.00. The quantitative estimate of drug-likeness (QED) is 0.500. The third-order valence-electron chi connectivity index (χ3n) is 6.41. The van der Waals surface area contributed by atoms with Gasteiger partial charge >= 0.3 is 5.97 Å². The zero-order valence-corrected chi connectivity index (χ0v) is 19.9. The smallest absolute Gasteiger partial charge is 0.336 e. The van der Waals surface area contributed by atoms with E-state index in [0.717, 1.165) is 29.0 Å². The van der Waals surface area contributed by atoms with E-state index < -0.39 is 17.8 Å². The van der Waals surface area contributed by atoms with Crippen LogP contribution in [0.1, 0.15) is 56.1 Å². The Bertz CT molecular complexity index is 1100. The molecule has 33 heavy (non-hydrogen) atoms. The van der Waals surface area contributed by atoms with Gasteiger partial charge in [-0.15, -0.1) is 0 Å². The standard InChI is InChI=1S/C27H28ClNO4/c1-4-13-33-21-11-7-18(8-12-21)25-24(27(31)32-3)16(2)29-22-14-19(15-23(30)26(22)25)17-5-9-20(28)10-6-17/h5-12,19,25-26H,4,13-15H2,1-3H3/t19-,25+,26?/m1/s1. The normalized spacial score (nSPS) is 22.5. The van der Waals surface area contributed by atoms with Crippen molar-refractivity contribution in [3.63, 3.8) is 0 Å². The third kappa shape index (κ3) is 4.74. The number of carbonyl (C=O) groups excluding carboxylic acids is 2. The SMILES string of the molecule is CCCOc1ccc([C@H]2C(C(=O)OC)=C(C)N=C3C[C@@H](c4ccc(Cl)cc4)CC(=O)C32)cc1. The molecule has 1 aliphatic heterocycles. The number of halogens is 1. The van der Waals surface area contributed by atoms with Crippen molar-refractivity contribution in [2.24, 2.45) is 10.9 Å². The van der Waals surface area contributed by atoms with Crippen LogP contribution in [0.2, 0.25) is 5.02 Å². The monoisotopic (exact) mass is 465 g/mol.